The second-order valence-corrected chi connectivity index (χ2v) is 6.47. The Morgan fingerprint density at radius 3 is 2.32 bits per heavy atom. The van der Waals surface area contributed by atoms with Gasteiger partial charge >= 0.3 is 0 Å². The summed E-state index contributed by atoms with van der Waals surface area (Å²) in [6, 6.07) is 7.52. The maximum atomic E-state index is 13.4. The van der Waals surface area contributed by atoms with E-state index in [1.54, 1.807) is 0 Å². The molecule has 0 unspecified atom stereocenters. The zero-order valence-corrected chi connectivity index (χ0v) is 16.0. The molecule has 0 aliphatic rings. The van der Waals surface area contributed by atoms with Crippen molar-refractivity contribution in [3.63, 3.8) is 0 Å². The van der Waals surface area contributed by atoms with Gasteiger partial charge in [0.2, 0.25) is 0 Å². The van der Waals surface area contributed by atoms with E-state index in [-0.39, 0.29) is 40.9 Å². The first-order valence-corrected chi connectivity index (χ1v) is 8.80. The Bertz CT molecular complexity index is 907. The standard InChI is InChI=1S/C19H16Cl2F2N2O3/c1-11(25-19(27)12-2-4-14(20)16(22)8-12)6-7-24-18(26)10-28-13-3-5-15(21)17(23)9-13/h2-5,8-9H,1,6-7,10H2,(H,24,26)(H,25,27). The predicted octanol–water partition coefficient (Wildman–Crippen LogP) is 4.10. The van der Waals surface area contributed by atoms with Crippen LogP contribution in [0.1, 0.15) is 16.8 Å². The quantitative estimate of drug-likeness (QED) is 0.664. The first-order valence-electron chi connectivity index (χ1n) is 8.05. The van der Waals surface area contributed by atoms with E-state index in [0.717, 1.165) is 12.1 Å². The summed E-state index contributed by atoms with van der Waals surface area (Å²) in [5.41, 5.74) is 0.428. The second kappa shape index (κ2) is 10.1. The van der Waals surface area contributed by atoms with Crippen LogP contribution in [0.5, 0.6) is 5.75 Å². The predicted molar refractivity (Wildman–Crippen MR) is 103 cm³/mol. The number of carbonyl (C=O) groups is 2. The normalized spacial score (nSPS) is 10.3. The van der Waals surface area contributed by atoms with Crippen LogP contribution in [0.2, 0.25) is 10.0 Å². The number of nitrogens with one attached hydrogen (secondary N) is 2. The van der Waals surface area contributed by atoms with Gasteiger partial charge in [0, 0.05) is 30.3 Å². The fraction of sp³-hybridized carbons (Fsp3) is 0.158. The third kappa shape index (κ3) is 6.51. The molecule has 0 saturated carbocycles. The molecule has 148 valence electrons. The van der Waals surface area contributed by atoms with E-state index in [1.165, 1.54) is 24.3 Å². The van der Waals surface area contributed by atoms with Crippen molar-refractivity contribution >= 4 is 35.0 Å². The van der Waals surface area contributed by atoms with Gasteiger partial charge in [-0.15, -0.1) is 0 Å². The molecule has 0 radical (unpaired) electrons. The van der Waals surface area contributed by atoms with E-state index < -0.39 is 23.4 Å². The molecule has 0 spiro atoms. The number of rotatable bonds is 8. The van der Waals surface area contributed by atoms with Gasteiger partial charge in [-0.3, -0.25) is 9.59 Å². The molecule has 0 aliphatic heterocycles. The smallest absolute Gasteiger partial charge is 0.257 e. The van der Waals surface area contributed by atoms with E-state index in [4.69, 9.17) is 27.9 Å². The summed E-state index contributed by atoms with van der Waals surface area (Å²) in [5, 5.41) is 4.95. The van der Waals surface area contributed by atoms with Gasteiger partial charge < -0.3 is 15.4 Å². The van der Waals surface area contributed by atoms with Gasteiger partial charge in [0.1, 0.15) is 17.4 Å². The van der Waals surface area contributed by atoms with Gasteiger partial charge in [-0.05, 0) is 30.3 Å². The lowest BCUT2D eigenvalue weighted by Crippen LogP contribution is -2.31. The highest BCUT2D eigenvalue weighted by Crippen LogP contribution is 2.20. The molecule has 28 heavy (non-hydrogen) atoms. The maximum Gasteiger partial charge on any atom is 0.257 e. The minimum atomic E-state index is -0.701. The van der Waals surface area contributed by atoms with Gasteiger partial charge in [0.05, 0.1) is 10.0 Å². The lowest BCUT2D eigenvalue weighted by Gasteiger charge is -2.10. The highest BCUT2D eigenvalue weighted by atomic mass is 35.5. The first-order chi connectivity index (χ1) is 13.3. The maximum absolute atomic E-state index is 13.4. The summed E-state index contributed by atoms with van der Waals surface area (Å²) in [6.45, 7) is 3.55. The van der Waals surface area contributed by atoms with Crippen molar-refractivity contribution in [3.05, 3.63) is 75.9 Å². The summed E-state index contributed by atoms with van der Waals surface area (Å²) >= 11 is 11.1. The summed E-state index contributed by atoms with van der Waals surface area (Å²) in [5.74, 6) is -2.15. The van der Waals surface area contributed by atoms with Gasteiger partial charge in [0.15, 0.2) is 6.61 Å². The summed E-state index contributed by atoms with van der Waals surface area (Å²) < 4.78 is 31.8. The number of halogens is 4. The lowest BCUT2D eigenvalue weighted by atomic mass is 10.2. The molecule has 0 bridgehead atoms. The highest BCUT2D eigenvalue weighted by molar-refractivity contribution is 6.31. The summed E-state index contributed by atoms with van der Waals surface area (Å²) in [7, 11) is 0. The fourth-order valence-electron chi connectivity index (χ4n) is 2.05. The van der Waals surface area contributed by atoms with Gasteiger partial charge in [0.25, 0.3) is 11.8 Å². The average molecular weight is 429 g/mol. The molecule has 9 heteroatoms. The largest absolute Gasteiger partial charge is 0.484 e. The number of amides is 2. The number of ether oxygens (including phenoxy) is 1. The van der Waals surface area contributed by atoms with Gasteiger partial charge in [-0.2, -0.15) is 0 Å². The number of hydrogen-bond acceptors (Lipinski definition) is 3. The Balaban J connectivity index is 1.70. The second-order valence-electron chi connectivity index (χ2n) is 5.65. The molecular formula is C19H16Cl2F2N2O3. The third-order valence-electron chi connectivity index (χ3n) is 3.48. The van der Waals surface area contributed by atoms with Crippen LogP contribution >= 0.6 is 23.2 Å². The van der Waals surface area contributed by atoms with Crippen LogP contribution in [0.25, 0.3) is 0 Å². The van der Waals surface area contributed by atoms with Crippen LogP contribution in [-0.4, -0.2) is 25.0 Å². The van der Waals surface area contributed by atoms with Crippen LogP contribution in [-0.2, 0) is 4.79 Å². The van der Waals surface area contributed by atoms with Crippen LogP contribution in [0, 0.1) is 11.6 Å². The topological polar surface area (TPSA) is 67.4 Å². The molecule has 5 nitrogen and oxygen atoms in total. The Labute approximate surface area is 170 Å². The fourth-order valence-corrected chi connectivity index (χ4v) is 2.29. The Kier molecular flexibility index (Phi) is 7.78. The van der Waals surface area contributed by atoms with Crippen LogP contribution < -0.4 is 15.4 Å². The highest BCUT2D eigenvalue weighted by Gasteiger charge is 2.10. The summed E-state index contributed by atoms with van der Waals surface area (Å²) in [4.78, 5) is 23.7. The zero-order valence-electron chi connectivity index (χ0n) is 14.5. The van der Waals surface area contributed by atoms with E-state index >= 15 is 0 Å². The Hall–Kier alpha value is -2.64. The van der Waals surface area contributed by atoms with E-state index in [1.807, 2.05) is 0 Å². The molecule has 0 heterocycles. The van der Waals surface area contributed by atoms with Crippen LogP contribution in [0.3, 0.4) is 0 Å². The molecule has 0 aromatic heterocycles. The van der Waals surface area contributed by atoms with E-state index in [9.17, 15) is 18.4 Å². The molecule has 2 N–H and O–H groups in total. The molecule has 2 aromatic rings. The summed E-state index contributed by atoms with van der Waals surface area (Å²) in [6.07, 6.45) is 0.253. The van der Waals surface area contributed by atoms with Gasteiger partial charge in [-0.1, -0.05) is 29.8 Å². The minimum absolute atomic E-state index is 0.0429. The minimum Gasteiger partial charge on any atom is -0.484 e. The molecular weight excluding hydrogens is 413 g/mol. The average Bonchev–Trinajstić information content (AvgIpc) is 2.64. The van der Waals surface area contributed by atoms with Crippen molar-refractivity contribution in [3.8, 4) is 5.75 Å². The van der Waals surface area contributed by atoms with E-state index in [2.05, 4.69) is 17.2 Å². The molecule has 2 amide bonds. The third-order valence-corrected chi connectivity index (χ3v) is 4.10. The number of hydrogen-bond donors (Lipinski definition) is 2. The molecule has 2 rings (SSSR count). The monoisotopic (exact) mass is 428 g/mol. The lowest BCUT2D eigenvalue weighted by molar-refractivity contribution is -0.123. The van der Waals surface area contributed by atoms with E-state index in [0.29, 0.717) is 5.70 Å². The van der Waals surface area contributed by atoms with Gasteiger partial charge in [-0.25, -0.2) is 8.78 Å². The Morgan fingerprint density at radius 1 is 1.04 bits per heavy atom. The van der Waals surface area contributed by atoms with Crippen molar-refractivity contribution in [1.29, 1.82) is 0 Å². The number of carbonyl (C=O) groups excluding carboxylic acids is 2. The van der Waals surface area contributed by atoms with Crippen LogP contribution in [0.4, 0.5) is 8.78 Å². The zero-order chi connectivity index (χ0) is 20.7. The SMILES string of the molecule is C=C(CCNC(=O)COc1ccc(Cl)c(F)c1)NC(=O)c1ccc(Cl)c(F)c1. The number of benzene rings is 2. The molecule has 0 saturated heterocycles. The Morgan fingerprint density at radius 2 is 1.68 bits per heavy atom. The van der Waals surface area contributed by atoms with Crippen molar-refractivity contribution in [2.24, 2.45) is 0 Å². The molecule has 0 atom stereocenters. The first kappa shape index (κ1) is 21.7. The van der Waals surface area contributed by atoms with Crippen molar-refractivity contribution < 1.29 is 23.1 Å². The molecule has 2 aromatic carbocycles. The van der Waals surface area contributed by atoms with Crippen LogP contribution in [0.15, 0.2) is 48.7 Å². The van der Waals surface area contributed by atoms with Crippen molar-refractivity contribution in [2.75, 3.05) is 13.2 Å². The molecule has 0 aliphatic carbocycles. The van der Waals surface area contributed by atoms with Crippen molar-refractivity contribution in [1.82, 2.24) is 10.6 Å². The van der Waals surface area contributed by atoms with Crippen molar-refractivity contribution in [2.45, 2.75) is 6.42 Å². The molecule has 0 fully saturated rings.